The maximum Gasteiger partial charge on any atom is 0.179 e. The summed E-state index contributed by atoms with van der Waals surface area (Å²) >= 11 is 0. The molecule has 2 rings (SSSR count). The second-order valence-electron chi connectivity index (χ2n) is 5.03. The summed E-state index contributed by atoms with van der Waals surface area (Å²) in [5, 5.41) is 3.31. The summed E-state index contributed by atoms with van der Waals surface area (Å²) < 4.78 is 35.0. The van der Waals surface area contributed by atoms with Crippen LogP contribution in [0, 0.1) is 0 Å². The Hall–Kier alpha value is -1.27. The topological polar surface area (TPSA) is 64.6 Å². The van der Waals surface area contributed by atoms with Crippen LogP contribution in [0.4, 0.5) is 0 Å². The van der Waals surface area contributed by atoms with Gasteiger partial charge in [-0.25, -0.2) is 8.42 Å². The van der Waals surface area contributed by atoms with Crippen LogP contribution < -0.4 is 14.8 Å². The van der Waals surface area contributed by atoms with Crippen molar-refractivity contribution in [3.05, 3.63) is 17.7 Å². The minimum Gasteiger partial charge on any atom is -0.496 e. The Kier molecular flexibility index (Phi) is 4.55. The molecule has 0 bridgehead atoms. The van der Waals surface area contributed by atoms with E-state index in [0.29, 0.717) is 11.5 Å². The van der Waals surface area contributed by atoms with E-state index in [0.717, 1.165) is 31.5 Å². The fraction of sp³-hybridized carbons (Fsp3) is 0.571. The molecule has 5 nitrogen and oxygen atoms in total. The van der Waals surface area contributed by atoms with Crippen LogP contribution >= 0.6 is 0 Å². The van der Waals surface area contributed by atoms with Crippen LogP contribution in [-0.4, -0.2) is 42.0 Å². The van der Waals surface area contributed by atoms with Crippen LogP contribution in [0.15, 0.2) is 17.0 Å². The second-order valence-corrected chi connectivity index (χ2v) is 6.98. The molecule has 0 aromatic heterocycles. The third-order valence-corrected chi connectivity index (χ3v) is 4.80. The summed E-state index contributed by atoms with van der Waals surface area (Å²) in [6, 6.07) is 3.42. The first kappa shape index (κ1) is 15.1. The van der Waals surface area contributed by atoms with Crippen LogP contribution in [0.5, 0.6) is 11.5 Å². The van der Waals surface area contributed by atoms with Crippen molar-refractivity contribution in [1.29, 1.82) is 0 Å². The molecule has 0 spiro atoms. The summed E-state index contributed by atoms with van der Waals surface area (Å²) in [5.74, 6) is 1.12. The quantitative estimate of drug-likeness (QED) is 0.914. The van der Waals surface area contributed by atoms with Gasteiger partial charge >= 0.3 is 0 Å². The largest absolute Gasteiger partial charge is 0.496 e. The van der Waals surface area contributed by atoms with Gasteiger partial charge in [0.2, 0.25) is 0 Å². The summed E-state index contributed by atoms with van der Waals surface area (Å²) in [6.07, 6.45) is 3.18. The average Bonchev–Trinajstić information content (AvgIpc) is 2.45. The molecule has 0 radical (unpaired) electrons. The molecule has 0 aliphatic carbocycles. The van der Waals surface area contributed by atoms with Gasteiger partial charge in [0.15, 0.2) is 9.84 Å². The van der Waals surface area contributed by atoms with E-state index < -0.39 is 9.84 Å². The molecule has 1 saturated heterocycles. The van der Waals surface area contributed by atoms with E-state index in [1.54, 1.807) is 19.2 Å². The van der Waals surface area contributed by atoms with Crippen LogP contribution in [0.2, 0.25) is 0 Å². The summed E-state index contributed by atoms with van der Waals surface area (Å²) in [7, 11) is -0.342. The van der Waals surface area contributed by atoms with Crippen molar-refractivity contribution in [2.24, 2.45) is 0 Å². The van der Waals surface area contributed by atoms with E-state index in [-0.39, 0.29) is 10.8 Å². The van der Waals surface area contributed by atoms with Crippen molar-refractivity contribution in [2.45, 2.75) is 23.7 Å². The second kappa shape index (κ2) is 6.01. The minimum atomic E-state index is -3.39. The average molecular weight is 299 g/mol. The Balaban J connectivity index is 2.66. The summed E-state index contributed by atoms with van der Waals surface area (Å²) in [5.41, 5.74) is 0.738. The van der Waals surface area contributed by atoms with E-state index in [2.05, 4.69) is 5.32 Å². The third kappa shape index (κ3) is 2.91. The number of piperidine rings is 1. The Morgan fingerprint density at radius 2 is 1.85 bits per heavy atom. The van der Waals surface area contributed by atoms with Crippen LogP contribution in [0.1, 0.15) is 24.3 Å². The lowest BCUT2D eigenvalue weighted by Gasteiger charge is -2.27. The molecule has 0 amide bonds. The van der Waals surface area contributed by atoms with Gasteiger partial charge in [-0.2, -0.15) is 0 Å². The molecule has 1 aliphatic heterocycles. The van der Waals surface area contributed by atoms with Gasteiger partial charge in [-0.3, -0.25) is 0 Å². The Morgan fingerprint density at radius 3 is 2.35 bits per heavy atom. The van der Waals surface area contributed by atoms with E-state index in [4.69, 9.17) is 9.47 Å². The third-order valence-electron chi connectivity index (χ3n) is 3.64. The lowest BCUT2D eigenvalue weighted by molar-refractivity contribution is 0.372. The first-order valence-electron chi connectivity index (χ1n) is 6.64. The molecule has 112 valence electrons. The van der Waals surface area contributed by atoms with Crippen LogP contribution in [0.25, 0.3) is 0 Å². The van der Waals surface area contributed by atoms with E-state index in [9.17, 15) is 8.42 Å². The van der Waals surface area contributed by atoms with Gasteiger partial charge in [0.05, 0.1) is 14.2 Å². The molecule has 1 aromatic carbocycles. The van der Waals surface area contributed by atoms with Crippen molar-refractivity contribution in [1.82, 2.24) is 5.32 Å². The molecule has 1 unspecified atom stereocenters. The number of hydrogen-bond donors (Lipinski definition) is 1. The summed E-state index contributed by atoms with van der Waals surface area (Å²) in [4.78, 5) is 0.257. The minimum absolute atomic E-state index is 0.124. The lowest BCUT2D eigenvalue weighted by atomic mass is 9.90. The Bertz CT molecular complexity index is 577. The van der Waals surface area contributed by atoms with Gasteiger partial charge in [0.25, 0.3) is 0 Å². The number of methoxy groups -OCH3 is 2. The molecule has 20 heavy (non-hydrogen) atoms. The predicted octanol–water partition coefficient (Wildman–Crippen LogP) is 1.57. The zero-order chi connectivity index (χ0) is 14.8. The van der Waals surface area contributed by atoms with Crippen molar-refractivity contribution in [3.8, 4) is 11.5 Å². The SMILES string of the molecule is COc1ccc(OC)c(S(C)(=O)=O)c1C1CCCNC1. The van der Waals surface area contributed by atoms with Gasteiger partial charge in [-0.15, -0.1) is 0 Å². The predicted molar refractivity (Wildman–Crippen MR) is 77.5 cm³/mol. The number of rotatable bonds is 4. The molecular formula is C14H21NO4S. The van der Waals surface area contributed by atoms with E-state index in [1.807, 2.05) is 0 Å². The van der Waals surface area contributed by atoms with Gasteiger partial charge < -0.3 is 14.8 Å². The Labute approximate surface area is 120 Å². The highest BCUT2D eigenvalue weighted by atomic mass is 32.2. The van der Waals surface area contributed by atoms with Crippen molar-refractivity contribution in [3.63, 3.8) is 0 Å². The van der Waals surface area contributed by atoms with Gasteiger partial charge in [-0.1, -0.05) is 0 Å². The van der Waals surface area contributed by atoms with Crippen LogP contribution in [-0.2, 0) is 9.84 Å². The fourth-order valence-electron chi connectivity index (χ4n) is 2.77. The van der Waals surface area contributed by atoms with Crippen molar-refractivity contribution >= 4 is 9.84 Å². The maximum atomic E-state index is 12.2. The molecule has 1 aliphatic rings. The van der Waals surface area contributed by atoms with E-state index >= 15 is 0 Å². The first-order valence-corrected chi connectivity index (χ1v) is 8.53. The van der Waals surface area contributed by atoms with Crippen molar-refractivity contribution < 1.29 is 17.9 Å². The molecule has 1 atom stereocenters. The highest BCUT2D eigenvalue weighted by molar-refractivity contribution is 7.90. The molecule has 6 heteroatoms. The maximum absolute atomic E-state index is 12.2. The number of ether oxygens (including phenoxy) is 2. The molecular weight excluding hydrogens is 278 g/mol. The molecule has 0 saturated carbocycles. The highest BCUT2D eigenvalue weighted by Gasteiger charge is 2.29. The molecule has 1 N–H and O–H groups in total. The fourth-order valence-corrected chi connectivity index (χ4v) is 3.95. The number of hydrogen-bond acceptors (Lipinski definition) is 5. The zero-order valence-electron chi connectivity index (χ0n) is 12.1. The highest BCUT2D eigenvalue weighted by Crippen LogP contribution is 2.41. The number of benzene rings is 1. The number of nitrogens with one attached hydrogen (secondary N) is 1. The lowest BCUT2D eigenvalue weighted by Crippen LogP contribution is -2.29. The Morgan fingerprint density at radius 1 is 1.20 bits per heavy atom. The zero-order valence-corrected chi connectivity index (χ0v) is 12.9. The first-order chi connectivity index (χ1) is 9.49. The standard InChI is InChI=1S/C14H21NO4S/c1-18-11-6-7-12(19-2)14(20(3,16)17)13(11)10-5-4-8-15-9-10/h6-7,10,15H,4-5,8-9H2,1-3H3. The smallest absolute Gasteiger partial charge is 0.179 e. The normalized spacial score (nSPS) is 19.6. The van der Waals surface area contributed by atoms with E-state index in [1.165, 1.54) is 13.4 Å². The van der Waals surface area contributed by atoms with Crippen molar-refractivity contribution in [2.75, 3.05) is 33.6 Å². The molecule has 1 fully saturated rings. The van der Waals surface area contributed by atoms with Crippen LogP contribution in [0.3, 0.4) is 0 Å². The summed E-state index contributed by atoms with van der Waals surface area (Å²) in [6.45, 7) is 1.73. The van der Waals surface area contributed by atoms with Gasteiger partial charge in [0, 0.05) is 24.3 Å². The molecule has 1 heterocycles. The van der Waals surface area contributed by atoms with Gasteiger partial charge in [-0.05, 0) is 31.5 Å². The number of sulfone groups is 1. The van der Waals surface area contributed by atoms with Gasteiger partial charge in [0.1, 0.15) is 16.4 Å². The monoisotopic (exact) mass is 299 g/mol. The molecule has 1 aromatic rings.